The van der Waals surface area contributed by atoms with Gasteiger partial charge in [-0.15, -0.1) is 0 Å². The van der Waals surface area contributed by atoms with Gasteiger partial charge in [-0.2, -0.15) is 0 Å². The molecule has 0 heterocycles. The van der Waals surface area contributed by atoms with Crippen LogP contribution in [0.2, 0.25) is 0 Å². The first-order valence-corrected chi connectivity index (χ1v) is 7.30. The van der Waals surface area contributed by atoms with E-state index < -0.39 is 11.9 Å². The van der Waals surface area contributed by atoms with E-state index in [9.17, 15) is 9.59 Å². The summed E-state index contributed by atoms with van der Waals surface area (Å²) in [6, 6.07) is 0. The SMILES string of the molecule is O=C(CCCCBr)OC(=O)CCCCBr. The third-order valence-corrected chi connectivity index (χ3v) is 2.88. The Bertz CT molecular complexity index is 175. The van der Waals surface area contributed by atoms with Crippen molar-refractivity contribution < 1.29 is 14.3 Å². The van der Waals surface area contributed by atoms with Crippen molar-refractivity contribution in [2.45, 2.75) is 38.5 Å². The number of hydrogen-bond donors (Lipinski definition) is 0. The van der Waals surface area contributed by atoms with Gasteiger partial charge < -0.3 is 4.74 Å². The molecule has 0 saturated heterocycles. The van der Waals surface area contributed by atoms with Crippen LogP contribution in [0.15, 0.2) is 0 Å². The Labute approximate surface area is 107 Å². The zero-order valence-corrected chi connectivity index (χ0v) is 11.8. The summed E-state index contributed by atoms with van der Waals surface area (Å²) in [5.74, 6) is -0.806. The van der Waals surface area contributed by atoms with Gasteiger partial charge in [-0.3, -0.25) is 9.59 Å². The normalized spacial score (nSPS) is 10.0. The third kappa shape index (κ3) is 10.4. The van der Waals surface area contributed by atoms with Crippen LogP contribution in [-0.2, 0) is 14.3 Å². The molecule has 0 unspecified atom stereocenters. The first kappa shape index (κ1) is 15.1. The molecule has 0 bridgehead atoms. The predicted octanol–water partition coefficient (Wildman–Crippen LogP) is 3.19. The minimum absolute atomic E-state index is 0.329. The molecule has 0 N–H and O–H groups in total. The van der Waals surface area contributed by atoms with E-state index in [4.69, 9.17) is 0 Å². The van der Waals surface area contributed by atoms with Crippen LogP contribution in [0.25, 0.3) is 0 Å². The maximum absolute atomic E-state index is 11.1. The summed E-state index contributed by atoms with van der Waals surface area (Å²) in [4.78, 5) is 22.2. The van der Waals surface area contributed by atoms with Gasteiger partial charge in [-0.1, -0.05) is 31.9 Å². The summed E-state index contributed by atoms with van der Waals surface area (Å²) < 4.78 is 4.64. The number of halogens is 2. The Morgan fingerprint density at radius 1 is 0.800 bits per heavy atom. The molecule has 0 rings (SSSR count). The molecular weight excluding hydrogens is 328 g/mol. The minimum atomic E-state index is -0.403. The fraction of sp³-hybridized carbons (Fsp3) is 0.800. The van der Waals surface area contributed by atoms with Crippen LogP contribution in [0.3, 0.4) is 0 Å². The topological polar surface area (TPSA) is 43.4 Å². The highest BCUT2D eigenvalue weighted by Gasteiger charge is 2.09. The molecule has 0 aromatic rings. The summed E-state index contributed by atoms with van der Waals surface area (Å²) in [6.45, 7) is 0. The molecule has 0 aliphatic heterocycles. The summed E-state index contributed by atoms with van der Waals surface area (Å²) >= 11 is 6.54. The Balaban J connectivity index is 3.45. The van der Waals surface area contributed by atoms with E-state index in [0.717, 1.165) is 36.3 Å². The molecule has 15 heavy (non-hydrogen) atoms. The van der Waals surface area contributed by atoms with E-state index >= 15 is 0 Å². The van der Waals surface area contributed by atoms with Crippen molar-refractivity contribution in [2.24, 2.45) is 0 Å². The average molecular weight is 344 g/mol. The maximum Gasteiger partial charge on any atom is 0.313 e. The highest BCUT2D eigenvalue weighted by molar-refractivity contribution is 9.09. The van der Waals surface area contributed by atoms with Crippen LogP contribution in [-0.4, -0.2) is 22.6 Å². The summed E-state index contributed by atoms with van der Waals surface area (Å²) in [7, 11) is 0. The first-order valence-electron chi connectivity index (χ1n) is 5.06. The molecule has 0 spiro atoms. The van der Waals surface area contributed by atoms with E-state index in [1.165, 1.54) is 0 Å². The van der Waals surface area contributed by atoms with Crippen LogP contribution >= 0.6 is 31.9 Å². The van der Waals surface area contributed by atoms with E-state index in [2.05, 4.69) is 36.6 Å². The highest BCUT2D eigenvalue weighted by Crippen LogP contribution is 2.04. The largest absolute Gasteiger partial charge is 0.393 e. The van der Waals surface area contributed by atoms with Crippen LogP contribution in [0.1, 0.15) is 38.5 Å². The number of esters is 2. The number of hydrogen-bond acceptors (Lipinski definition) is 3. The van der Waals surface area contributed by atoms with Crippen LogP contribution in [0.4, 0.5) is 0 Å². The Morgan fingerprint density at radius 2 is 1.20 bits per heavy atom. The predicted molar refractivity (Wildman–Crippen MR) is 66.4 cm³/mol. The highest BCUT2D eigenvalue weighted by atomic mass is 79.9. The molecule has 3 nitrogen and oxygen atoms in total. The molecule has 0 aliphatic carbocycles. The maximum atomic E-state index is 11.1. The zero-order valence-electron chi connectivity index (χ0n) is 8.64. The molecule has 0 radical (unpaired) electrons. The molecule has 0 atom stereocenters. The van der Waals surface area contributed by atoms with Crippen molar-refractivity contribution in [3.05, 3.63) is 0 Å². The Hall–Kier alpha value is 0.1000. The van der Waals surface area contributed by atoms with Crippen molar-refractivity contribution in [1.82, 2.24) is 0 Å². The molecule has 0 aromatic heterocycles. The molecule has 88 valence electrons. The van der Waals surface area contributed by atoms with Gasteiger partial charge in [0.05, 0.1) is 0 Å². The van der Waals surface area contributed by atoms with Crippen molar-refractivity contribution in [3.63, 3.8) is 0 Å². The number of ether oxygens (including phenoxy) is 1. The average Bonchev–Trinajstić information content (AvgIpc) is 2.18. The van der Waals surface area contributed by atoms with E-state index in [1.807, 2.05) is 0 Å². The van der Waals surface area contributed by atoms with Gasteiger partial charge in [0.1, 0.15) is 0 Å². The smallest absolute Gasteiger partial charge is 0.313 e. The number of unbranched alkanes of at least 4 members (excludes halogenated alkanes) is 2. The second-order valence-corrected chi connectivity index (χ2v) is 4.72. The lowest BCUT2D eigenvalue weighted by molar-refractivity contribution is -0.159. The van der Waals surface area contributed by atoms with Crippen LogP contribution in [0, 0.1) is 0 Å². The summed E-state index contributed by atoms with van der Waals surface area (Å²) in [6.07, 6.45) is 4.03. The van der Waals surface area contributed by atoms with Gasteiger partial charge in [0.25, 0.3) is 0 Å². The molecular formula is C10H16Br2O3. The minimum Gasteiger partial charge on any atom is -0.393 e. The van der Waals surface area contributed by atoms with Gasteiger partial charge in [0.15, 0.2) is 0 Å². The summed E-state index contributed by atoms with van der Waals surface area (Å²) in [5.41, 5.74) is 0. The molecule has 0 fully saturated rings. The van der Waals surface area contributed by atoms with Gasteiger partial charge in [0.2, 0.25) is 0 Å². The lowest BCUT2D eigenvalue weighted by Crippen LogP contribution is -2.11. The summed E-state index contributed by atoms with van der Waals surface area (Å²) in [5, 5.41) is 1.75. The first-order chi connectivity index (χ1) is 7.20. The van der Waals surface area contributed by atoms with Crippen LogP contribution < -0.4 is 0 Å². The van der Waals surface area contributed by atoms with Crippen molar-refractivity contribution in [1.29, 1.82) is 0 Å². The van der Waals surface area contributed by atoms with Gasteiger partial charge >= 0.3 is 11.9 Å². The van der Waals surface area contributed by atoms with E-state index in [-0.39, 0.29) is 0 Å². The fourth-order valence-electron chi connectivity index (χ4n) is 0.957. The van der Waals surface area contributed by atoms with Crippen molar-refractivity contribution in [3.8, 4) is 0 Å². The third-order valence-electron chi connectivity index (χ3n) is 1.76. The Kier molecular flexibility index (Phi) is 10.7. The molecule has 0 amide bonds. The zero-order chi connectivity index (χ0) is 11.5. The van der Waals surface area contributed by atoms with Gasteiger partial charge in [0, 0.05) is 23.5 Å². The van der Waals surface area contributed by atoms with E-state index in [0.29, 0.717) is 12.8 Å². The van der Waals surface area contributed by atoms with Crippen LogP contribution in [0.5, 0.6) is 0 Å². The second-order valence-electron chi connectivity index (χ2n) is 3.14. The Morgan fingerprint density at radius 3 is 1.53 bits per heavy atom. The van der Waals surface area contributed by atoms with Crippen molar-refractivity contribution >= 4 is 43.8 Å². The second kappa shape index (κ2) is 10.6. The number of rotatable bonds is 8. The van der Waals surface area contributed by atoms with Crippen molar-refractivity contribution in [2.75, 3.05) is 10.7 Å². The number of alkyl halides is 2. The number of carbonyl (C=O) groups is 2. The monoisotopic (exact) mass is 342 g/mol. The van der Waals surface area contributed by atoms with Gasteiger partial charge in [-0.25, -0.2) is 0 Å². The van der Waals surface area contributed by atoms with Gasteiger partial charge in [-0.05, 0) is 25.7 Å². The standard InChI is InChI=1S/C10H16Br2O3/c11-7-3-1-5-9(13)15-10(14)6-2-4-8-12/h1-8H2. The quantitative estimate of drug-likeness (QED) is 0.294. The fourth-order valence-corrected chi connectivity index (χ4v) is 1.75. The molecule has 5 heteroatoms. The lowest BCUT2D eigenvalue weighted by Gasteiger charge is -2.01. The molecule has 0 saturated carbocycles. The molecule has 0 aliphatic rings. The number of carbonyl (C=O) groups excluding carboxylic acids is 2. The molecule has 0 aromatic carbocycles. The van der Waals surface area contributed by atoms with E-state index in [1.54, 1.807) is 0 Å². The lowest BCUT2D eigenvalue weighted by atomic mass is 10.2.